The van der Waals surface area contributed by atoms with E-state index in [9.17, 15) is 4.79 Å². The molecule has 1 fully saturated rings. The van der Waals surface area contributed by atoms with E-state index in [0.29, 0.717) is 11.7 Å². The fraction of sp³-hybridized carbons (Fsp3) is 0.778. The smallest absolute Gasteiger partial charge is 0.405 e. The maximum atomic E-state index is 11.7. The van der Waals surface area contributed by atoms with Gasteiger partial charge in [0.15, 0.2) is 5.17 Å². The number of hydrogen-bond acceptors (Lipinski definition) is 4. The minimum Gasteiger partial charge on any atom is -0.405 e. The van der Waals surface area contributed by atoms with Gasteiger partial charge < -0.3 is 9.57 Å². The van der Waals surface area contributed by atoms with E-state index in [2.05, 4.69) is 5.16 Å². The van der Waals surface area contributed by atoms with Gasteiger partial charge in [0, 0.05) is 20.4 Å². The molecule has 0 spiro atoms. The van der Waals surface area contributed by atoms with Gasteiger partial charge in [0.05, 0.1) is 6.04 Å². The fourth-order valence-corrected chi connectivity index (χ4v) is 2.00. The van der Waals surface area contributed by atoms with Gasteiger partial charge in [-0.05, 0) is 12.8 Å². The number of carbonyl (C=O) groups is 1. The molecule has 2 aliphatic heterocycles. The van der Waals surface area contributed by atoms with Crippen LogP contribution in [0.15, 0.2) is 5.16 Å². The summed E-state index contributed by atoms with van der Waals surface area (Å²) in [5, 5.41) is 4.09. The van der Waals surface area contributed by atoms with E-state index in [0.717, 1.165) is 12.8 Å². The number of oxime groups is 1. The fourth-order valence-electron chi connectivity index (χ4n) is 1.73. The monoisotopic (exact) mass is 232 g/mol. The van der Waals surface area contributed by atoms with E-state index >= 15 is 0 Å². The summed E-state index contributed by atoms with van der Waals surface area (Å²) in [7, 11) is 0. The van der Waals surface area contributed by atoms with Crippen molar-refractivity contribution in [1.29, 1.82) is 0 Å². The lowest BCUT2D eigenvalue weighted by molar-refractivity contribution is -0.184. The summed E-state index contributed by atoms with van der Waals surface area (Å²) in [4.78, 5) is 18.4. The van der Waals surface area contributed by atoms with E-state index in [1.165, 1.54) is 0 Å². The number of halogens is 1. The lowest BCUT2D eigenvalue weighted by Gasteiger charge is -2.31. The summed E-state index contributed by atoms with van der Waals surface area (Å²) < 4.78 is 5.14. The quantitative estimate of drug-likeness (QED) is 0.641. The minimum atomic E-state index is -1.06. The van der Waals surface area contributed by atoms with Crippen molar-refractivity contribution in [3.05, 3.63) is 0 Å². The van der Waals surface area contributed by atoms with Crippen LogP contribution in [0.1, 0.15) is 26.7 Å². The van der Waals surface area contributed by atoms with Crippen LogP contribution in [0.3, 0.4) is 0 Å². The Hall–Kier alpha value is -0.970. The van der Waals surface area contributed by atoms with Crippen LogP contribution >= 0.6 is 11.6 Å². The SMILES string of the molecule is CC1(C)O/N=C(/Cl)[C@H]2CCCN2C(=O)O1. The summed E-state index contributed by atoms with van der Waals surface area (Å²) in [6, 6.07) is -0.185. The second-order valence-corrected chi connectivity index (χ2v) is 4.51. The zero-order chi connectivity index (χ0) is 11.1. The van der Waals surface area contributed by atoms with Crippen LogP contribution in [0.25, 0.3) is 0 Å². The molecule has 0 saturated carbocycles. The van der Waals surface area contributed by atoms with Crippen molar-refractivity contribution < 1.29 is 14.4 Å². The van der Waals surface area contributed by atoms with Gasteiger partial charge in [0.2, 0.25) is 0 Å². The van der Waals surface area contributed by atoms with Crippen LogP contribution in [0.2, 0.25) is 0 Å². The lowest BCUT2D eigenvalue weighted by Crippen LogP contribution is -2.45. The Balaban J connectivity index is 2.28. The summed E-state index contributed by atoms with van der Waals surface area (Å²) in [5.74, 6) is -1.06. The molecule has 2 rings (SSSR count). The first-order valence-electron chi connectivity index (χ1n) is 4.91. The molecule has 2 heterocycles. The first kappa shape index (κ1) is 10.5. The lowest BCUT2D eigenvalue weighted by atomic mass is 10.2. The molecule has 0 bridgehead atoms. The summed E-state index contributed by atoms with van der Waals surface area (Å²) in [6.45, 7) is 3.90. The molecule has 84 valence electrons. The number of hydrogen-bond donors (Lipinski definition) is 0. The zero-order valence-electron chi connectivity index (χ0n) is 8.70. The Labute approximate surface area is 92.9 Å². The minimum absolute atomic E-state index is 0.185. The highest BCUT2D eigenvalue weighted by atomic mass is 35.5. The molecular formula is C9H13ClN2O3. The number of cyclic esters (lactones) is 1. The van der Waals surface area contributed by atoms with Crippen LogP contribution in [-0.4, -0.2) is 34.5 Å². The van der Waals surface area contributed by atoms with Gasteiger partial charge in [0.25, 0.3) is 5.79 Å². The molecule has 1 saturated heterocycles. The van der Waals surface area contributed by atoms with Crippen molar-refractivity contribution in [3.63, 3.8) is 0 Å². The highest BCUT2D eigenvalue weighted by Gasteiger charge is 2.39. The maximum absolute atomic E-state index is 11.7. The Kier molecular flexibility index (Phi) is 2.50. The highest BCUT2D eigenvalue weighted by Crippen LogP contribution is 2.26. The molecule has 0 unspecified atom stereocenters. The van der Waals surface area contributed by atoms with E-state index in [-0.39, 0.29) is 6.04 Å². The molecule has 1 amide bonds. The van der Waals surface area contributed by atoms with Crippen molar-refractivity contribution in [2.45, 2.75) is 38.5 Å². The van der Waals surface area contributed by atoms with Gasteiger partial charge in [-0.3, -0.25) is 4.90 Å². The van der Waals surface area contributed by atoms with Crippen molar-refractivity contribution in [3.8, 4) is 0 Å². The Morgan fingerprint density at radius 2 is 2.33 bits per heavy atom. The molecule has 0 aromatic rings. The van der Waals surface area contributed by atoms with Crippen LogP contribution < -0.4 is 0 Å². The Morgan fingerprint density at radius 3 is 3.07 bits per heavy atom. The number of amides is 1. The predicted octanol–water partition coefficient (Wildman–Crippen LogP) is 1.91. The van der Waals surface area contributed by atoms with Gasteiger partial charge in [-0.15, -0.1) is 0 Å². The molecule has 5 nitrogen and oxygen atoms in total. The van der Waals surface area contributed by atoms with E-state index in [4.69, 9.17) is 21.2 Å². The molecule has 0 aliphatic carbocycles. The molecule has 1 atom stereocenters. The Bertz CT molecular complexity index is 316. The van der Waals surface area contributed by atoms with Crippen molar-refractivity contribution in [2.75, 3.05) is 6.54 Å². The molecule has 15 heavy (non-hydrogen) atoms. The third-order valence-corrected chi connectivity index (χ3v) is 2.77. The largest absolute Gasteiger partial charge is 0.413 e. The average Bonchev–Trinajstić information content (AvgIpc) is 2.60. The van der Waals surface area contributed by atoms with E-state index in [1.54, 1.807) is 18.7 Å². The second kappa shape index (κ2) is 3.56. The number of rotatable bonds is 0. The van der Waals surface area contributed by atoms with Gasteiger partial charge in [-0.25, -0.2) is 4.79 Å². The average molecular weight is 233 g/mol. The molecule has 0 aromatic carbocycles. The van der Waals surface area contributed by atoms with Crippen LogP contribution in [0.5, 0.6) is 0 Å². The first-order chi connectivity index (χ1) is 6.99. The number of carbonyl (C=O) groups excluding carboxylic acids is 1. The molecule has 0 N–H and O–H groups in total. The van der Waals surface area contributed by atoms with Crippen LogP contribution in [-0.2, 0) is 9.57 Å². The first-order valence-corrected chi connectivity index (χ1v) is 5.28. The van der Waals surface area contributed by atoms with Crippen molar-refractivity contribution >= 4 is 22.9 Å². The molecule has 0 aromatic heterocycles. The standard InChI is InChI=1S/C9H13ClN2O3/c1-9(2)14-8(13)12-5-3-4-6(12)7(10)11-15-9/h6H,3-5H2,1-2H3/b11-7+/t6-/m1/s1. The van der Waals surface area contributed by atoms with Crippen molar-refractivity contribution in [1.82, 2.24) is 4.90 Å². The van der Waals surface area contributed by atoms with Gasteiger partial charge >= 0.3 is 6.09 Å². The third kappa shape index (κ3) is 2.02. The van der Waals surface area contributed by atoms with Gasteiger partial charge in [0.1, 0.15) is 0 Å². The number of nitrogens with zero attached hydrogens (tertiary/aromatic N) is 2. The molecule has 2 aliphatic rings. The number of fused-ring (bicyclic) bond motifs is 1. The summed E-state index contributed by atoms with van der Waals surface area (Å²) in [5.41, 5.74) is 0. The molecule has 6 heteroatoms. The maximum Gasteiger partial charge on any atom is 0.413 e. The van der Waals surface area contributed by atoms with E-state index < -0.39 is 11.9 Å². The normalized spacial score (nSPS) is 33.0. The van der Waals surface area contributed by atoms with Crippen LogP contribution in [0.4, 0.5) is 4.79 Å². The molecular weight excluding hydrogens is 220 g/mol. The topological polar surface area (TPSA) is 51.1 Å². The highest BCUT2D eigenvalue weighted by molar-refractivity contribution is 6.66. The predicted molar refractivity (Wildman–Crippen MR) is 54.7 cm³/mol. The third-order valence-electron chi connectivity index (χ3n) is 2.45. The second-order valence-electron chi connectivity index (χ2n) is 4.12. The molecule has 0 radical (unpaired) electrons. The van der Waals surface area contributed by atoms with Gasteiger partial charge in [-0.1, -0.05) is 16.8 Å². The van der Waals surface area contributed by atoms with Crippen molar-refractivity contribution in [2.24, 2.45) is 5.16 Å². The Morgan fingerprint density at radius 1 is 1.60 bits per heavy atom. The zero-order valence-corrected chi connectivity index (χ0v) is 9.45. The summed E-state index contributed by atoms with van der Waals surface area (Å²) >= 11 is 5.96. The van der Waals surface area contributed by atoms with E-state index in [1.807, 2.05) is 0 Å². The van der Waals surface area contributed by atoms with Gasteiger partial charge in [-0.2, -0.15) is 0 Å². The summed E-state index contributed by atoms with van der Waals surface area (Å²) in [6.07, 6.45) is 1.32. The number of ether oxygens (including phenoxy) is 1. The van der Waals surface area contributed by atoms with Crippen LogP contribution in [0, 0.1) is 0 Å².